The molecule has 2 rings (SSSR count). The Bertz CT molecular complexity index is 749. The smallest absolute Gasteiger partial charge is 0.333 e. The molecule has 0 spiro atoms. The SMILES string of the molecule is COC(=O)[C@H](NC(=O)c1ccc(C#N)cc1)c1ccc(Br)cc1. The highest BCUT2D eigenvalue weighted by Crippen LogP contribution is 2.19. The van der Waals surface area contributed by atoms with Gasteiger partial charge in [-0.3, -0.25) is 4.79 Å². The van der Waals surface area contributed by atoms with Gasteiger partial charge in [0.15, 0.2) is 6.04 Å². The van der Waals surface area contributed by atoms with Gasteiger partial charge in [0, 0.05) is 10.0 Å². The molecule has 5 nitrogen and oxygen atoms in total. The van der Waals surface area contributed by atoms with E-state index in [0.29, 0.717) is 16.7 Å². The standard InChI is InChI=1S/C17H13BrN2O3/c1-23-17(22)15(12-6-8-14(18)9-7-12)20-16(21)13-4-2-11(10-19)3-5-13/h2-9,15H,1H3,(H,20,21)/t15-/m1/s1. The third-order valence-electron chi connectivity index (χ3n) is 3.19. The number of nitrogens with one attached hydrogen (secondary N) is 1. The maximum Gasteiger partial charge on any atom is 0.333 e. The molecule has 0 bridgehead atoms. The van der Waals surface area contributed by atoms with Crippen molar-refractivity contribution in [2.24, 2.45) is 0 Å². The average molecular weight is 373 g/mol. The Labute approximate surface area is 142 Å². The van der Waals surface area contributed by atoms with E-state index in [-0.39, 0.29) is 0 Å². The lowest BCUT2D eigenvalue weighted by Gasteiger charge is -2.17. The number of hydrogen-bond donors (Lipinski definition) is 1. The summed E-state index contributed by atoms with van der Waals surface area (Å²) in [7, 11) is 1.27. The van der Waals surface area contributed by atoms with E-state index in [2.05, 4.69) is 21.2 Å². The number of carbonyl (C=O) groups is 2. The minimum Gasteiger partial charge on any atom is -0.467 e. The van der Waals surface area contributed by atoms with Crippen LogP contribution in [0.25, 0.3) is 0 Å². The molecule has 0 heterocycles. The van der Waals surface area contributed by atoms with Gasteiger partial charge < -0.3 is 10.1 Å². The number of benzene rings is 2. The number of amides is 1. The molecule has 0 aliphatic heterocycles. The van der Waals surface area contributed by atoms with Gasteiger partial charge >= 0.3 is 5.97 Å². The Morgan fingerprint density at radius 3 is 2.26 bits per heavy atom. The fraction of sp³-hybridized carbons (Fsp3) is 0.118. The third kappa shape index (κ3) is 4.18. The topological polar surface area (TPSA) is 79.2 Å². The van der Waals surface area contributed by atoms with Crippen LogP contribution in [-0.2, 0) is 9.53 Å². The van der Waals surface area contributed by atoms with Crippen LogP contribution in [0.15, 0.2) is 53.0 Å². The second kappa shape index (κ2) is 7.56. The van der Waals surface area contributed by atoms with Crippen molar-refractivity contribution in [1.29, 1.82) is 5.26 Å². The van der Waals surface area contributed by atoms with Crippen molar-refractivity contribution in [2.75, 3.05) is 7.11 Å². The second-order valence-corrected chi connectivity index (χ2v) is 5.59. The highest BCUT2D eigenvalue weighted by molar-refractivity contribution is 9.10. The first-order valence-electron chi connectivity index (χ1n) is 6.69. The molecular weight excluding hydrogens is 360 g/mol. The molecule has 2 aromatic carbocycles. The predicted molar refractivity (Wildman–Crippen MR) is 87.5 cm³/mol. The first-order chi connectivity index (χ1) is 11.0. The number of methoxy groups -OCH3 is 1. The van der Waals surface area contributed by atoms with Crippen LogP contribution < -0.4 is 5.32 Å². The number of halogens is 1. The summed E-state index contributed by atoms with van der Waals surface area (Å²) in [6, 6.07) is 14.2. The quantitative estimate of drug-likeness (QED) is 0.836. The Balaban J connectivity index is 2.23. The van der Waals surface area contributed by atoms with E-state index in [9.17, 15) is 9.59 Å². The molecule has 1 N–H and O–H groups in total. The van der Waals surface area contributed by atoms with E-state index in [1.165, 1.54) is 19.2 Å². The average Bonchev–Trinajstić information content (AvgIpc) is 2.59. The van der Waals surface area contributed by atoms with Gasteiger partial charge in [0.05, 0.1) is 18.7 Å². The van der Waals surface area contributed by atoms with Crippen molar-refractivity contribution in [3.05, 3.63) is 69.7 Å². The Hall–Kier alpha value is -2.65. The van der Waals surface area contributed by atoms with E-state index in [0.717, 1.165) is 4.47 Å². The van der Waals surface area contributed by atoms with Gasteiger partial charge in [0.25, 0.3) is 5.91 Å². The molecule has 116 valence electrons. The predicted octanol–water partition coefficient (Wildman–Crippen LogP) is 2.96. The van der Waals surface area contributed by atoms with Crippen LogP contribution in [0.4, 0.5) is 0 Å². The summed E-state index contributed by atoms with van der Waals surface area (Å²) >= 11 is 3.32. The molecule has 0 aliphatic rings. The summed E-state index contributed by atoms with van der Waals surface area (Å²) in [6.45, 7) is 0. The molecule has 0 saturated heterocycles. The lowest BCUT2D eigenvalue weighted by molar-refractivity contribution is -0.143. The second-order valence-electron chi connectivity index (χ2n) is 4.67. The summed E-state index contributed by atoms with van der Waals surface area (Å²) in [5, 5.41) is 11.4. The monoisotopic (exact) mass is 372 g/mol. The number of hydrogen-bond acceptors (Lipinski definition) is 4. The van der Waals surface area contributed by atoms with E-state index in [1.807, 2.05) is 6.07 Å². The lowest BCUT2D eigenvalue weighted by Crippen LogP contribution is -2.34. The van der Waals surface area contributed by atoms with Crippen molar-refractivity contribution < 1.29 is 14.3 Å². The minimum absolute atomic E-state index is 0.356. The highest BCUT2D eigenvalue weighted by atomic mass is 79.9. The first-order valence-corrected chi connectivity index (χ1v) is 7.48. The van der Waals surface area contributed by atoms with Crippen molar-refractivity contribution in [2.45, 2.75) is 6.04 Å². The van der Waals surface area contributed by atoms with Crippen molar-refractivity contribution >= 4 is 27.8 Å². The zero-order valence-corrected chi connectivity index (χ0v) is 13.8. The van der Waals surface area contributed by atoms with Gasteiger partial charge in [-0.25, -0.2) is 4.79 Å². The normalized spacial score (nSPS) is 11.2. The van der Waals surface area contributed by atoms with Crippen LogP contribution in [0, 0.1) is 11.3 Å². The van der Waals surface area contributed by atoms with Crippen LogP contribution >= 0.6 is 15.9 Å². The number of rotatable bonds is 4. The number of esters is 1. The number of nitriles is 1. The van der Waals surface area contributed by atoms with Gasteiger partial charge in [-0.05, 0) is 42.0 Å². The first kappa shape index (κ1) is 16.7. The van der Waals surface area contributed by atoms with Crippen molar-refractivity contribution in [1.82, 2.24) is 5.32 Å². The van der Waals surface area contributed by atoms with Crippen LogP contribution in [0.3, 0.4) is 0 Å². The van der Waals surface area contributed by atoms with Crippen LogP contribution in [-0.4, -0.2) is 19.0 Å². The molecule has 6 heteroatoms. The van der Waals surface area contributed by atoms with Gasteiger partial charge in [-0.2, -0.15) is 5.26 Å². The molecule has 0 unspecified atom stereocenters. The zero-order valence-electron chi connectivity index (χ0n) is 12.2. The van der Waals surface area contributed by atoms with Gasteiger partial charge in [-0.1, -0.05) is 28.1 Å². The summed E-state index contributed by atoms with van der Waals surface area (Å²) < 4.78 is 5.63. The molecule has 1 amide bonds. The molecule has 2 aromatic rings. The zero-order chi connectivity index (χ0) is 16.8. The molecule has 0 saturated carbocycles. The molecule has 1 atom stereocenters. The number of ether oxygens (including phenoxy) is 1. The largest absolute Gasteiger partial charge is 0.467 e. The molecule has 0 radical (unpaired) electrons. The van der Waals surface area contributed by atoms with E-state index in [4.69, 9.17) is 10.00 Å². The van der Waals surface area contributed by atoms with Crippen LogP contribution in [0.5, 0.6) is 0 Å². The summed E-state index contributed by atoms with van der Waals surface area (Å²) in [6.07, 6.45) is 0. The summed E-state index contributed by atoms with van der Waals surface area (Å²) in [5.41, 5.74) is 1.43. The summed E-state index contributed by atoms with van der Waals surface area (Å²) in [4.78, 5) is 24.3. The molecule has 0 aliphatic carbocycles. The highest BCUT2D eigenvalue weighted by Gasteiger charge is 2.24. The van der Waals surface area contributed by atoms with Crippen LogP contribution in [0.2, 0.25) is 0 Å². The Morgan fingerprint density at radius 2 is 1.74 bits per heavy atom. The number of carbonyl (C=O) groups excluding carboxylic acids is 2. The fourth-order valence-corrected chi connectivity index (χ4v) is 2.23. The molecule has 0 fully saturated rings. The van der Waals surface area contributed by atoms with E-state index >= 15 is 0 Å². The Kier molecular flexibility index (Phi) is 5.50. The van der Waals surface area contributed by atoms with Gasteiger partial charge in [0.2, 0.25) is 0 Å². The van der Waals surface area contributed by atoms with E-state index in [1.54, 1.807) is 36.4 Å². The Morgan fingerprint density at radius 1 is 1.13 bits per heavy atom. The van der Waals surface area contributed by atoms with Gasteiger partial charge in [0.1, 0.15) is 0 Å². The lowest BCUT2D eigenvalue weighted by atomic mass is 10.1. The van der Waals surface area contributed by atoms with E-state index < -0.39 is 17.9 Å². The van der Waals surface area contributed by atoms with Crippen LogP contribution in [0.1, 0.15) is 27.5 Å². The third-order valence-corrected chi connectivity index (χ3v) is 3.72. The van der Waals surface area contributed by atoms with Crippen molar-refractivity contribution in [3.63, 3.8) is 0 Å². The maximum absolute atomic E-state index is 12.3. The fourth-order valence-electron chi connectivity index (χ4n) is 1.96. The molecular formula is C17H13BrN2O3. The maximum atomic E-state index is 12.3. The molecule has 0 aromatic heterocycles. The number of nitrogens with zero attached hydrogens (tertiary/aromatic N) is 1. The minimum atomic E-state index is -0.906. The molecule has 23 heavy (non-hydrogen) atoms. The van der Waals surface area contributed by atoms with Crippen molar-refractivity contribution in [3.8, 4) is 6.07 Å². The summed E-state index contributed by atoms with van der Waals surface area (Å²) in [5.74, 6) is -0.984. The van der Waals surface area contributed by atoms with Gasteiger partial charge in [-0.15, -0.1) is 0 Å².